The Labute approximate surface area is 270 Å². The summed E-state index contributed by atoms with van der Waals surface area (Å²) in [6, 6.07) is 0. The zero-order chi connectivity index (χ0) is 31.2. The van der Waals surface area contributed by atoms with Crippen molar-refractivity contribution in [1.29, 1.82) is 0 Å². The van der Waals surface area contributed by atoms with Crippen molar-refractivity contribution in [3.63, 3.8) is 0 Å². The van der Waals surface area contributed by atoms with Gasteiger partial charge in [-0.25, -0.2) is 0 Å². The maximum atomic E-state index is 6.11. The molecule has 0 bridgehead atoms. The Hall–Kier alpha value is -0.900. The summed E-state index contributed by atoms with van der Waals surface area (Å²) in [6.07, 6.45) is 49.3. The lowest BCUT2D eigenvalue weighted by Crippen LogP contribution is -2.24. The predicted molar refractivity (Wildman–Crippen MR) is 193 cm³/mol. The van der Waals surface area contributed by atoms with E-state index in [-0.39, 0.29) is 6.10 Å². The third kappa shape index (κ3) is 37.2. The summed E-state index contributed by atoms with van der Waals surface area (Å²) in [4.78, 5) is 0. The van der Waals surface area contributed by atoms with E-state index in [1.165, 1.54) is 154 Å². The molecule has 3 heteroatoms. The van der Waals surface area contributed by atoms with Crippen molar-refractivity contribution in [3.8, 4) is 0 Å². The molecule has 0 saturated carbocycles. The van der Waals surface area contributed by atoms with Gasteiger partial charge < -0.3 is 15.2 Å². The molecule has 0 aromatic heterocycles. The van der Waals surface area contributed by atoms with Gasteiger partial charge in [0.15, 0.2) is 0 Å². The second-order valence-corrected chi connectivity index (χ2v) is 12.7. The van der Waals surface area contributed by atoms with E-state index in [0.29, 0.717) is 13.2 Å². The number of unbranched alkanes of at least 4 members (excludes halogenated alkanes) is 21. The predicted octanol–water partition coefficient (Wildman–Crippen LogP) is 12.6. The van der Waals surface area contributed by atoms with Crippen molar-refractivity contribution in [2.45, 2.75) is 193 Å². The first kappa shape index (κ1) is 42.1. The lowest BCUT2D eigenvalue weighted by molar-refractivity contribution is -0.0211. The standard InChI is InChI=1S/C40H77NO2/c1-3-5-7-9-11-13-15-17-19-21-23-25-27-29-31-33-37-42-39-40(35-36-41)43-38-34-32-30-28-26-24-22-20-18-16-14-12-10-8-6-4-2/h11-14,18,20,40H,3-10,15-17,19,21-39,41H2,1-2H3. The Morgan fingerprint density at radius 1 is 0.465 bits per heavy atom. The number of hydrogen-bond acceptors (Lipinski definition) is 3. The van der Waals surface area contributed by atoms with E-state index in [1.54, 1.807) is 0 Å². The Morgan fingerprint density at radius 2 is 0.860 bits per heavy atom. The van der Waals surface area contributed by atoms with E-state index in [2.05, 4.69) is 50.3 Å². The van der Waals surface area contributed by atoms with Crippen LogP contribution in [-0.2, 0) is 9.47 Å². The number of ether oxygens (including phenoxy) is 2. The molecule has 3 nitrogen and oxygen atoms in total. The highest BCUT2D eigenvalue weighted by Crippen LogP contribution is 2.12. The molecule has 0 aliphatic carbocycles. The highest BCUT2D eigenvalue weighted by Gasteiger charge is 2.08. The van der Waals surface area contributed by atoms with Crippen LogP contribution in [0.15, 0.2) is 36.5 Å². The van der Waals surface area contributed by atoms with Crippen molar-refractivity contribution >= 4 is 0 Å². The summed E-state index contributed by atoms with van der Waals surface area (Å²) >= 11 is 0. The minimum absolute atomic E-state index is 0.166. The van der Waals surface area contributed by atoms with E-state index < -0.39 is 0 Å². The average molecular weight is 604 g/mol. The molecule has 0 amide bonds. The fraction of sp³-hybridized carbons (Fsp3) is 0.850. The summed E-state index contributed by atoms with van der Waals surface area (Å²) in [6.45, 7) is 7.62. The zero-order valence-corrected chi connectivity index (χ0v) is 29.4. The van der Waals surface area contributed by atoms with E-state index in [0.717, 1.165) is 32.5 Å². The quantitative estimate of drug-likeness (QED) is 0.0572. The van der Waals surface area contributed by atoms with Crippen LogP contribution in [0.5, 0.6) is 0 Å². The van der Waals surface area contributed by atoms with E-state index in [4.69, 9.17) is 15.2 Å². The number of nitrogens with two attached hydrogens (primary N) is 1. The summed E-state index contributed by atoms with van der Waals surface area (Å²) in [5, 5.41) is 0. The summed E-state index contributed by atoms with van der Waals surface area (Å²) in [5.74, 6) is 0. The minimum atomic E-state index is 0.166. The van der Waals surface area contributed by atoms with Crippen molar-refractivity contribution in [2.75, 3.05) is 26.4 Å². The Balaban J connectivity index is 3.43. The van der Waals surface area contributed by atoms with Crippen molar-refractivity contribution in [1.82, 2.24) is 0 Å². The van der Waals surface area contributed by atoms with Gasteiger partial charge in [0.05, 0.1) is 12.7 Å². The van der Waals surface area contributed by atoms with Crippen molar-refractivity contribution < 1.29 is 9.47 Å². The molecule has 1 atom stereocenters. The summed E-state index contributed by atoms with van der Waals surface area (Å²) in [5.41, 5.74) is 5.82. The third-order valence-corrected chi connectivity index (χ3v) is 8.29. The maximum absolute atomic E-state index is 6.11. The molecule has 0 heterocycles. The van der Waals surface area contributed by atoms with Crippen LogP contribution in [-0.4, -0.2) is 32.5 Å². The van der Waals surface area contributed by atoms with Crippen LogP contribution in [0.2, 0.25) is 0 Å². The van der Waals surface area contributed by atoms with Gasteiger partial charge in [0, 0.05) is 13.2 Å². The molecule has 1 unspecified atom stereocenters. The van der Waals surface area contributed by atoms with Gasteiger partial charge in [0.25, 0.3) is 0 Å². The van der Waals surface area contributed by atoms with Gasteiger partial charge in [-0.2, -0.15) is 0 Å². The molecule has 2 N–H and O–H groups in total. The smallest absolute Gasteiger partial charge is 0.0820 e. The fourth-order valence-electron chi connectivity index (χ4n) is 5.41. The number of rotatable bonds is 36. The van der Waals surface area contributed by atoms with Gasteiger partial charge in [0.2, 0.25) is 0 Å². The molecule has 0 rings (SSSR count). The van der Waals surface area contributed by atoms with Gasteiger partial charge >= 0.3 is 0 Å². The molecule has 43 heavy (non-hydrogen) atoms. The first-order chi connectivity index (χ1) is 21.3. The molecule has 0 aromatic carbocycles. The topological polar surface area (TPSA) is 44.5 Å². The first-order valence-electron chi connectivity index (χ1n) is 19.2. The van der Waals surface area contributed by atoms with E-state index in [9.17, 15) is 0 Å². The Kier molecular flexibility index (Phi) is 38.3. The molecule has 0 spiro atoms. The van der Waals surface area contributed by atoms with Crippen molar-refractivity contribution in [2.24, 2.45) is 5.73 Å². The molecule has 254 valence electrons. The van der Waals surface area contributed by atoms with Gasteiger partial charge in [-0.05, 0) is 83.6 Å². The Bertz CT molecular complexity index is 585. The van der Waals surface area contributed by atoms with Gasteiger partial charge in [0.1, 0.15) is 0 Å². The van der Waals surface area contributed by atoms with Crippen molar-refractivity contribution in [3.05, 3.63) is 36.5 Å². The second kappa shape index (κ2) is 39.1. The van der Waals surface area contributed by atoms with E-state index >= 15 is 0 Å². The Morgan fingerprint density at radius 3 is 1.33 bits per heavy atom. The molecule has 0 aliphatic heterocycles. The number of allylic oxidation sites excluding steroid dienone is 6. The lowest BCUT2D eigenvalue weighted by atomic mass is 10.1. The summed E-state index contributed by atoms with van der Waals surface area (Å²) < 4.78 is 12.1. The zero-order valence-electron chi connectivity index (χ0n) is 29.4. The van der Waals surface area contributed by atoms with Crippen LogP contribution in [0.4, 0.5) is 0 Å². The molecule has 0 radical (unpaired) electrons. The van der Waals surface area contributed by atoms with Crippen LogP contribution in [0.25, 0.3) is 0 Å². The number of hydrogen-bond donors (Lipinski definition) is 1. The molecule has 0 aliphatic rings. The largest absolute Gasteiger partial charge is 0.379 e. The van der Waals surface area contributed by atoms with Gasteiger partial charge in [-0.15, -0.1) is 0 Å². The normalized spacial score (nSPS) is 12.9. The third-order valence-electron chi connectivity index (χ3n) is 8.29. The average Bonchev–Trinajstić information content (AvgIpc) is 3.01. The van der Waals surface area contributed by atoms with Crippen LogP contribution in [0, 0.1) is 0 Å². The monoisotopic (exact) mass is 604 g/mol. The fourth-order valence-corrected chi connectivity index (χ4v) is 5.41. The summed E-state index contributed by atoms with van der Waals surface area (Å²) in [7, 11) is 0. The molecular weight excluding hydrogens is 526 g/mol. The highest BCUT2D eigenvalue weighted by molar-refractivity contribution is 4.92. The first-order valence-corrected chi connectivity index (χ1v) is 19.2. The van der Waals surface area contributed by atoms with Crippen LogP contribution in [0.3, 0.4) is 0 Å². The molecule has 0 fully saturated rings. The van der Waals surface area contributed by atoms with Crippen LogP contribution < -0.4 is 5.73 Å². The lowest BCUT2D eigenvalue weighted by Gasteiger charge is -2.17. The second-order valence-electron chi connectivity index (χ2n) is 12.7. The van der Waals surface area contributed by atoms with Gasteiger partial charge in [-0.3, -0.25) is 0 Å². The maximum Gasteiger partial charge on any atom is 0.0820 e. The minimum Gasteiger partial charge on any atom is -0.379 e. The SMILES string of the molecule is CCCCCC=CCC=CCCCCCCCCOC(CCN)COCCCCCCCCCCCC=CCCCCC. The van der Waals surface area contributed by atoms with Crippen LogP contribution >= 0.6 is 0 Å². The van der Waals surface area contributed by atoms with E-state index in [1.807, 2.05) is 0 Å². The highest BCUT2D eigenvalue weighted by atomic mass is 16.5. The molecule has 0 aromatic rings. The molecular formula is C40H77NO2. The molecule has 0 saturated heterocycles. The van der Waals surface area contributed by atoms with Gasteiger partial charge in [-0.1, -0.05) is 147 Å². The van der Waals surface area contributed by atoms with Crippen LogP contribution in [0.1, 0.15) is 187 Å².